The van der Waals surface area contributed by atoms with E-state index in [0.29, 0.717) is 32.5 Å². The minimum atomic E-state index is 0.162. The lowest BCUT2D eigenvalue weighted by Gasteiger charge is -2.29. The van der Waals surface area contributed by atoms with E-state index in [9.17, 15) is 4.79 Å². The summed E-state index contributed by atoms with van der Waals surface area (Å²) < 4.78 is 5.66. The Bertz CT molecular complexity index is 1020. The maximum absolute atomic E-state index is 12.8. The molecule has 0 atom stereocenters. The number of carbonyl (C=O) groups excluding carboxylic acids is 1. The molecule has 29 heavy (non-hydrogen) atoms. The van der Waals surface area contributed by atoms with E-state index in [2.05, 4.69) is 29.4 Å². The van der Waals surface area contributed by atoms with Crippen molar-refractivity contribution in [2.45, 2.75) is 32.2 Å². The number of benzene rings is 2. The Hall–Kier alpha value is -2.70. The third kappa shape index (κ3) is 3.66. The molecule has 0 spiro atoms. The molecule has 6 heteroatoms. The lowest BCUT2D eigenvalue weighted by molar-refractivity contribution is -0.182. The quantitative estimate of drug-likeness (QED) is 0.677. The molecule has 0 bridgehead atoms. The number of hydroxylamine groups is 2. The van der Waals surface area contributed by atoms with Gasteiger partial charge < -0.3 is 9.42 Å². The van der Waals surface area contributed by atoms with Gasteiger partial charge in [0.25, 0.3) is 0 Å². The highest BCUT2D eigenvalue weighted by Crippen LogP contribution is 2.34. The Balaban J connectivity index is 1.35. The average Bonchev–Trinajstić information content (AvgIpc) is 3.21. The van der Waals surface area contributed by atoms with Crippen LogP contribution >= 0.6 is 0 Å². The molecule has 0 aliphatic carbocycles. The number of hydrogen-bond donors (Lipinski definition) is 0. The first-order valence-electron chi connectivity index (χ1n) is 10.4. The third-order valence-electron chi connectivity index (χ3n) is 5.88. The maximum Gasteiger partial charge on any atom is 0.224 e. The van der Waals surface area contributed by atoms with Gasteiger partial charge in [0.1, 0.15) is 11.5 Å². The minimum absolute atomic E-state index is 0.162. The molecule has 150 valence electrons. The van der Waals surface area contributed by atoms with Gasteiger partial charge in [-0.1, -0.05) is 47.6 Å². The molecular weight excluding hydrogens is 366 g/mol. The van der Waals surface area contributed by atoms with Crippen LogP contribution in [-0.2, 0) is 22.6 Å². The molecule has 2 aromatic carbocycles. The van der Waals surface area contributed by atoms with E-state index in [1.54, 1.807) is 0 Å². The Morgan fingerprint density at radius 3 is 2.86 bits per heavy atom. The van der Waals surface area contributed by atoms with Crippen LogP contribution in [0.1, 0.15) is 30.6 Å². The van der Waals surface area contributed by atoms with Crippen LogP contribution in [0.4, 0.5) is 0 Å². The van der Waals surface area contributed by atoms with E-state index in [0.717, 1.165) is 54.0 Å². The van der Waals surface area contributed by atoms with Gasteiger partial charge in [-0.25, -0.2) is 0 Å². The summed E-state index contributed by atoms with van der Waals surface area (Å²) in [5.74, 6) is 1.06. The maximum atomic E-state index is 12.8. The Labute approximate surface area is 170 Å². The predicted octanol–water partition coefficient (Wildman–Crippen LogP) is 3.80. The molecule has 0 radical (unpaired) electrons. The summed E-state index contributed by atoms with van der Waals surface area (Å²) in [6, 6.07) is 14.5. The van der Waals surface area contributed by atoms with Gasteiger partial charge >= 0.3 is 0 Å². The van der Waals surface area contributed by atoms with E-state index >= 15 is 0 Å². The van der Waals surface area contributed by atoms with Crippen molar-refractivity contribution >= 4 is 16.7 Å². The number of hydrogen-bond acceptors (Lipinski definition) is 5. The molecule has 5 rings (SSSR count). The minimum Gasteiger partial charge on any atom is -0.360 e. The van der Waals surface area contributed by atoms with E-state index in [1.165, 1.54) is 5.39 Å². The van der Waals surface area contributed by atoms with E-state index in [4.69, 9.17) is 9.36 Å². The zero-order chi connectivity index (χ0) is 19.6. The molecule has 2 aliphatic heterocycles. The van der Waals surface area contributed by atoms with Crippen LogP contribution in [-0.4, -0.2) is 47.3 Å². The van der Waals surface area contributed by atoms with Crippen LogP contribution in [0.5, 0.6) is 0 Å². The van der Waals surface area contributed by atoms with Crippen molar-refractivity contribution in [2.24, 2.45) is 0 Å². The van der Waals surface area contributed by atoms with Gasteiger partial charge in [-0.05, 0) is 23.6 Å². The molecule has 2 aliphatic rings. The normalized spacial score (nSPS) is 17.4. The van der Waals surface area contributed by atoms with Gasteiger partial charge in [0.15, 0.2) is 0 Å². The van der Waals surface area contributed by atoms with Crippen molar-refractivity contribution in [1.82, 2.24) is 15.1 Å². The van der Waals surface area contributed by atoms with Gasteiger partial charge in [-0.2, -0.15) is 5.06 Å². The molecule has 3 aromatic rings. The SMILES string of the molecule is O=C(CCN1CCCCO1)N1CCc2onc(-c3cccc4ccccc34)c2C1. The van der Waals surface area contributed by atoms with Crippen molar-refractivity contribution in [1.29, 1.82) is 0 Å². The highest BCUT2D eigenvalue weighted by atomic mass is 16.7. The van der Waals surface area contributed by atoms with Crippen molar-refractivity contribution in [3.05, 3.63) is 53.8 Å². The highest BCUT2D eigenvalue weighted by molar-refractivity contribution is 5.96. The second kappa shape index (κ2) is 7.97. The van der Waals surface area contributed by atoms with Crippen molar-refractivity contribution < 1.29 is 14.2 Å². The first kappa shape index (κ1) is 18.3. The molecule has 1 saturated heterocycles. The summed E-state index contributed by atoms with van der Waals surface area (Å²) in [6.07, 6.45) is 3.42. The third-order valence-corrected chi connectivity index (χ3v) is 5.88. The lowest BCUT2D eigenvalue weighted by atomic mass is 9.97. The second-order valence-corrected chi connectivity index (χ2v) is 7.74. The summed E-state index contributed by atoms with van der Waals surface area (Å²) in [5.41, 5.74) is 2.95. The number of fused-ring (bicyclic) bond motifs is 2. The molecule has 3 heterocycles. The molecular formula is C23H25N3O3. The highest BCUT2D eigenvalue weighted by Gasteiger charge is 2.28. The van der Waals surface area contributed by atoms with Crippen LogP contribution in [0, 0.1) is 0 Å². The fourth-order valence-electron chi connectivity index (χ4n) is 4.27. The lowest BCUT2D eigenvalue weighted by Crippen LogP contribution is -2.38. The zero-order valence-corrected chi connectivity index (χ0v) is 16.5. The van der Waals surface area contributed by atoms with Crippen LogP contribution < -0.4 is 0 Å². The Morgan fingerprint density at radius 2 is 1.97 bits per heavy atom. The summed E-state index contributed by atoms with van der Waals surface area (Å²) >= 11 is 0. The Kier molecular flexibility index (Phi) is 5.04. The summed E-state index contributed by atoms with van der Waals surface area (Å²) in [6.45, 7) is 3.56. The second-order valence-electron chi connectivity index (χ2n) is 7.74. The van der Waals surface area contributed by atoms with Gasteiger partial charge in [0, 0.05) is 43.6 Å². The summed E-state index contributed by atoms with van der Waals surface area (Å²) in [5, 5.41) is 8.64. The molecule has 0 unspecified atom stereocenters. The van der Waals surface area contributed by atoms with Crippen LogP contribution in [0.25, 0.3) is 22.0 Å². The largest absolute Gasteiger partial charge is 0.360 e. The molecule has 1 fully saturated rings. The standard InChI is InChI=1S/C23H25N3O3/c27-22(11-14-26-12-3-4-15-28-26)25-13-10-21-20(16-25)23(24-29-21)19-9-5-7-17-6-1-2-8-18(17)19/h1-2,5-9H,3-4,10-16H2. The molecule has 1 aromatic heterocycles. The van der Waals surface area contributed by atoms with E-state index in [1.807, 2.05) is 28.2 Å². The first-order valence-corrected chi connectivity index (χ1v) is 10.4. The van der Waals surface area contributed by atoms with Gasteiger partial charge in [0.05, 0.1) is 13.2 Å². The molecule has 0 N–H and O–H groups in total. The summed E-state index contributed by atoms with van der Waals surface area (Å²) in [7, 11) is 0. The Morgan fingerprint density at radius 1 is 1.07 bits per heavy atom. The van der Waals surface area contributed by atoms with Gasteiger partial charge in [0.2, 0.25) is 5.91 Å². The number of amides is 1. The number of rotatable bonds is 4. The number of aromatic nitrogens is 1. The number of carbonyl (C=O) groups is 1. The van der Waals surface area contributed by atoms with Crippen LogP contribution in [0.15, 0.2) is 47.0 Å². The first-order chi connectivity index (χ1) is 14.3. The molecule has 6 nitrogen and oxygen atoms in total. The average molecular weight is 391 g/mol. The fraction of sp³-hybridized carbons (Fsp3) is 0.391. The van der Waals surface area contributed by atoms with Crippen molar-refractivity contribution in [3.8, 4) is 11.3 Å². The summed E-state index contributed by atoms with van der Waals surface area (Å²) in [4.78, 5) is 20.4. The van der Waals surface area contributed by atoms with Crippen LogP contribution in [0.3, 0.4) is 0 Å². The smallest absolute Gasteiger partial charge is 0.224 e. The van der Waals surface area contributed by atoms with E-state index < -0.39 is 0 Å². The monoisotopic (exact) mass is 391 g/mol. The van der Waals surface area contributed by atoms with Gasteiger partial charge in [-0.15, -0.1) is 0 Å². The van der Waals surface area contributed by atoms with E-state index in [-0.39, 0.29) is 5.91 Å². The van der Waals surface area contributed by atoms with Crippen molar-refractivity contribution in [2.75, 3.05) is 26.2 Å². The molecule has 1 amide bonds. The zero-order valence-electron chi connectivity index (χ0n) is 16.5. The van der Waals surface area contributed by atoms with Crippen LogP contribution in [0.2, 0.25) is 0 Å². The topological polar surface area (TPSA) is 58.8 Å². The fourth-order valence-corrected chi connectivity index (χ4v) is 4.27. The van der Waals surface area contributed by atoms with Gasteiger partial charge in [-0.3, -0.25) is 9.63 Å². The predicted molar refractivity (Wildman–Crippen MR) is 110 cm³/mol. The molecule has 0 saturated carbocycles. The van der Waals surface area contributed by atoms with Crippen molar-refractivity contribution in [3.63, 3.8) is 0 Å². The number of nitrogens with zero attached hydrogens (tertiary/aromatic N) is 3.